The summed E-state index contributed by atoms with van der Waals surface area (Å²) in [7, 11) is 0. The van der Waals surface area contributed by atoms with E-state index in [0.717, 1.165) is 16.7 Å². The summed E-state index contributed by atoms with van der Waals surface area (Å²) in [6.07, 6.45) is 0. The van der Waals surface area contributed by atoms with Crippen molar-refractivity contribution in [1.82, 2.24) is 0 Å². The van der Waals surface area contributed by atoms with E-state index in [2.05, 4.69) is 0 Å². The second kappa shape index (κ2) is 4.37. The molecule has 0 amide bonds. The predicted molar refractivity (Wildman–Crippen MR) is 53.1 cm³/mol. The third-order valence-electron chi connectivity index (χ3n) is 2.18. The Labute approximate surface area is 78.4 Å². The maximum Gasteiger partial charge on any atom is 0.0681 e. The number of aliphatic hydroxyl groups is 1. The average Bonchev–Trinajstić information content (AvgIpc) is 2.17. The zero-order chi connectivity index (χ0) is 9.84. The molecule has 5 N–H and O–H groups in total. The van der Waals surface area contributed by atoms with Gasteiger partial charge in [-0.05, 0) is 23.6 Å². The predicted octanol–water partition coefficient (Wildman–Crippen LogP) is 0.446. The topological polar surface area (TPSA) is 72.3 Å². The number of benzene rings is 1. The molecule has 0 unspecified atom stereocenters. The molecule has 72 valence electrons. The van der Waals surface area contributed by atoms with Crippen molar-refractivity contribution in [1.29, 1.82) is 0 Å². The molecule has 0 fully saturated rings. The van der Waals surface area contributed by atoms with E-state index in [1.165, 1.54) is 0 Å². The third-order valence-corrected chi connectivity index (χ3v) is 2.18. The molecule has 0 saturated heterocycles. The van der Waals surface area contributed by atoms with E-state index in [9.17, 15) is 0 Å². The van der Waals surface area contributed by atoms with Crippen LogP contribution in [-0.4, -0.2) is 11.7 Å². The van der Waals surface area contributed by atoms with Crippen molar-refractivity contribution in [2.45, 2.75) is 19.6 Å². The molecular weight excluding hydrogens is 164 g/mol. The van der Waals surface area contributed by atoms with Crippen molar-refractivity contribution >= 4 is 0 Å². The number of aryl methyl sites for hydroxylation is 1. The fraction of sp³-hybridized carbons (Fsp3) is 0.400. The van der Waals surface area contributed by atoms with Crippen LogP contribution in [0.1, 0.15) is 22.7 Å². The Morgan fingerprint density at radius 3 is 2.69 bits per heavy atom. The molecule has 1 rings (SSSR count). The molecule has 1 aromatic carbocycles. The van der Waals surface area contributed by atoms with Gasteiger partial charge in [-0.2, -0.15) is 0 Å². The van der Waals surface area contributed by atoms with E-state index in [1.54, 1.807) is 0 Å². The van der Waals surface area contributed by atoms with Gasteiger partial charge in [-0.25, -0.2) is 0 Å². The zero-order valence-corrected chi connectivity index (χ0v) is 7.83. The van der Waals surface area contributed by atoms with Crippen LogP contribution in [0.4, 0.5) is 0 Å². The van der Waals surface area contributed by atoms with Crippen molar-refractivity contribution in [3.8, 4) is 0 Å². The van der Waals surface area contributed by atoms with Crippen LogP contribution in [0.15, 0.2) is 18.2 Å². The van der Waals surface area contributed by atoms with Gasteiger partial charge in [-0.3, -0.25) is 0 Å². The quantitative estimate of drug-likeness (QED) is 0.632. The number of hydrogen-bond donors (Lipinski definition) is 3. The number of aliphatic hydroxyl groups excluding tert-OH is 1. The second-order valence-corrected chi connectivity index (χ2v) is 3.19. The highest BCUT2D eigenvalue weighted by molar-refractivity contribution is 5.33. The second-order valence-electron chi connectivity index (χ2n) is 3.19. The van der Waals surface area contributed by atoms with Crippen LogP contribution in [0.3, 0.4) is 0 Å². The van der Waals surface area contributed by atoms with E-state index in [0.29, 0.717) is 6.54 Å². The summed E-state index contributed by atoms with van der Waals surface area (Å²) in [6.45, 7) is 2.46. The first kappa shape index (κ1) is 10.2. The number of rotatable bonds is 3. The zero-order valence-electron chi connectivity index (χ0n) is 7.83. The van der Waals surface area contributed by atoms with Crippen molar-refractivity contribution in [2.75, 3.05) is 6.54 Å². The Hall–Kier alpha value is -0.900. The Morgan fingerprint density at radius 2 is 2.15 bits per heavy atom. The largest absolute Gasteiger partial charge is 0.392 e. The van der Waals surface area contributed by atoms with Crippen LogP contribution in [0.2, 0.25) is 0 Å². The molecule has 1 aromatic rings. The molecule has 1 atom stereocenters. The molecule has 0 aliphatic rings. The van der Waals surface area contributed by atoms with E-state index in [4.69, 9.17) is 16.6 Å². The molecule has 0 bridgehead atoms. The molecule has 0 aliphatic carbocycles. The minimum Gasteiger partial charge on any atom is -0.392 e. The van der Waals surface area contributed by atoms with Gasteiger partial charge < -0.3 is 16.6 Å². The molecule has 3 heteroatoms. The molecular formula is C10H16N2O. The summed E-state index contributed by atoms with van der Waals surface area (Å²) in [5, 5.41) is 8.94. The van der Waals surface area contributed by atoms with Crippen LogP contribution in [0, 0.1) is 6.92 Å². The Morgan fingerprint density at radius 1 is 1.46 bits per heavy atom. The maximum absolute atomic E-state index is 8.94. The van der Waals surface area contributed by atoms with Crippen molar-refractivity contribution in [3.05, 3.63) is 34.9 Å². The standard InChI is InChI=1S/C10H16N2O/c1-7-2-3-8(6-13)4-9(7)10(12)5-11/h2-4,10,13H,5-6,11-12H2,1H3/t10-/m1/s1. The Kier molecular flexibility index (Phi) is 3.42. The van der Waals surface area contributed by atoms with Crippen molar-refractivity contribution in [3.63, 3.8) is 0 Å². The minimum absolute atomic E-state index is 0.0462. The average molecular weight is 180 g/mol. The molecule has 3 nitrogen and oxygen atoms in total. The van der Waals surface area contributed by atoms with Crippen LogP contribution in [0.5, 0.6) is 0 Å². The van der Waals surface area contributed by atoms with E-state index in [1.807, 2.05) is 25.1 Å². The van der Waals surface area contributed by atoms with E-state index < -0.39 is 0 Å². The van der Waals surface area contributed by atoms with Gasteiger partial charge in [0.1, 0.15) is 0 Å². The van der Waals surface area contributed by atoms with Gasteiger partial charge in [0.05, 0.1) is 6.61 Å². The summed E-state index contributed by atoms with van der Waals surface area (Å²) in [4.78, 5) is 0. The van der Waals surface area contributed by atoms with Gasteiger partial charge in [0.2, 0.25) is 0 Å². The fourth-order valence-corrected chi connectivity index (χ4v) is 1.31. The van der Waals surface area contributed by atoms with Crippen molar-refractivity contribution in [2.24, 2.45) is 11.5 Å². The fourth-order valence-electron chi connectivity index (χ4n) is 1.31. The lowest BCUT2D eigenvalue weighted by atomic mass is 9.99. The van der Waals surface area contributed by atoms with Gasteiger partial charge >= 0.3 is 0 Å². The monoisotopic (exact) mass is 180 g/mol. The highest BCUT2D eigenvalue weighted by Gasteiger charge is 2.07. The molecule has 13 heavy (non-hydrogen) atoms. The van der Waals surface area contributed by atoms with Gasteiger partial charge in [0, 0.05) is 12.6 Å². The lowest BCUT2D eigenvalue weighted by Gasteiger charge is -2.13. The molecule has 0 radical (unpaired) electrons. The highest BCUT2D eigenvalue weighted by atomic mass is 16.3. The van der Waals surface area contributed by atoms with E-state index >= 15 is 0 Å². The van der Waals surface area contributed by atoms with Crippen LogP contribution >= 0.6 is 0 Å². The summed E-state index contributed by atoms with van der Waals surface area (Å²) < 4.78 is 0. The van der Waals surface area contributed by atoms with Crippen molar-refractivity contribution < 1.29 is 5.11 Å². The highest BCUT2D eigenvalue weighted by Crippen LogP contribution is 2.16. The maximum atomic E-state index is 8.94. The normalized spacial score (nSPS) is 12.9. The first-order valence-corrected chi connectivity index (χ1v) is 4.35. The van der Waals surface area contributed by atoms with Crippen LogP contribution in [-0.2, 0) is 6.61 Å². The third kappa shape index (κ3) is 2.28. The van der Waals surface area contributed by atoms with Gasteiger partial charge in [0.25, 0.3) is 0 Å². The first-order chi connectivity index (χ1) is 6.19. The molecule has 0 aliphatic heterocycles. The number of nitrogens with two attached hydrogens (primary N) is 2. The van der Waals surface area contributed by atoms with Gasteiger partial charge in [0.15, 0.2) is 0 Å². The molecule has 0 spiro atoms. The van der Waals surface area contributed by atoms with Gasteiger partial charge in [-0.15, -0.1) is 0 Å². The molecule has 0 saturated carbocycles. The minimum atomic E-state index is -0.133. The number of hydrogen-bond acceptors (Lipinski definition) is 3. The van der Waals surface area contributed by atoms with Crippen LogP contribution < -0.4 is 11.5 Å². The molecule has 0 heterocycles. The Bertz CT molecular complexity index is 286. The smallest absolute Gasteiger partial charge is 0.0681 e. The summed E-state index contributed by atoms with van der Waals surface area (Å²) in [6, 6.07) is 5.62. The van der Waals surface area contributed by atoms with Gasteiger partial charge in [-0.1, -0.05) is 18.2 Å². The summed E-state index contributed by atoms with van der Waals surface area (Å²) in [5.74, 6) is 0. The molecule has 0 aromatic heterocycles. The lowest BCUT2D eigenvalue weighted by Crippen LogP contribution is -2.21. The SMILES string of the molecule is Cc1ccc(CO)cc1[C@H](N)CN. The van der Waals surface area contributed by atoms with Crippen LogP contribution in [0.25, 0.3) is 0 Å². The lowest BCUT2D eigenvalue weighted by molar-refractivity contribution is 0.281. The summed E-state index contributed by atoms with van der Waals surface area (Å²) >= 11 is 0. The van der Waals surface area contributed by atoms with E-state index in [-0.39, 0.29) is 12.6 Å². The Balaban J connectivity index is 3.03. The summed E-state index contributed by atoms with van der Waals surface area (Å²) in [5.41, 5.74) is 14.3. The first-order valence-electron chi connectivity index (χ1n) is 4.35.